The van der Waals surface area contributed by atoms with Crippen LogP contribution in [0.1, 0.15) is 5.56 Å². The molecule has 0 fully saturated rings. The lowest BCUT2D eigenvalue weighted by Gasteiger charge is -2.10. The standard InChI is InChI=1S/C13H14F3N3O3S/c1-22-7-10-4-2-3-5-11(10)23(20,21)18-12-6-19(9-17-12)8-13(14,15)16/h2-6,9,18H,7-8H2,1H3. The minimum Gasteiger partial charge on any atom is -0.380 e. The van der Waals surface area contributed by atoms with Crippen molar-refractivity contribution in [2.75, 3.05) is 11.8 Å². The first kappa shape index (κ1) is 17.3. The van der Waals surface area contributed by atoms with Gasteiger partial charge in [0.15, 0.2) is 5.82 Å². The van der Waals surface area contributed by atoms with E-state index in [4.69, 9.17) is 4.74 Å². The normalized spacial score (nSPS) is 12.3. The number of halogens is 3. The summed E-state index contributed by atoms with van der Waals surface area (Å²) in [6.45, 7) is -1.17. The van der Waals surface area contributed by atoms with Gasteiger partial charge in [0.1, 0.15) is 6.54 Å². The Morgan fingerprint density at radius 1 is 1.30 bits per heavy atom. The van der Waals surface area contributed by atoms with Crippen molar-refractivity contribution in [1.82, 2.24) is 9.55 Å². The highest BCUT2D eigenvalue weighted by molar-refractivity contribution is 7.92. The first-order valence-electron chi connectivity index (χ1n) is 6.39. The summed E-state index contributed by atoms with van der Waals surface area (Å²) in [4.78, 5) is 3.61. The first-order chi connectivity index (χ1) is 10.7. The minimum atomic E-state index is -4.41. The highest BCUT2D eigenvalue weighted by Crippen LogP contribution is 2.21. The van der Waals surface area contributed by atoms with E-state index in [2.05, 4.69) is 9.71 Å². The summed E-state index contributed by atoms with van der Waals surface area (Å²) < 4.78 is 69.4. The Labute approximate surface area is 131 Å². The molecule has 0 aliphatic rings. The molecule has 0 atom stereocenters. The van der Waals surface area contributed by atoms with Crippen molar-refractivity contribution in [1.29, 1.82) is 0 Å². The number of hydrogen-bond acceptors (Lipinski definition) is 4. The van der Waals surface area contributed by atoms with Crippen molar-refractivity contribution in [2.45, 2.75) is 24.2 Å². The number of aromatic nitrogens is 2. The van der Waals surface area contributed by atoms with Gasteiger partial charge in [0, 0.05) is 13.3 Å². The lowest BCUT2D eigenvalue weighted by atomic mass is 10.2. The van der Waals surface area contributed by atoms with E-state index in [1.165, 1.54) is 19.2 Å². The molecule has 0 aliphatic heterocycles. The maximum Gasteiger partial charge on any atom is 0.406 e. The summed E-state index contributed by atoms with van der Waals surface area (Å²) in [6, 6.07) is 6.16. The summed E-state index contributed by atoms with van der Waals surface area (Å²) in [6.07, 6.45) is -2.53. The highest BCUT2D eigenvalue weighted by Gasteiger charge is 2.28. The largest absolute Gasteiger partial charge is 0.406 e. The molecule has 23 heavy (non-hydrogen) atoms. The third-order valence-corrected chi connectivity index (χ3v) is 4.25. The Morgan fingerprint density at radius 3 is 2.65 bits per heavy atom. The number of nitrogens with zero attached hydrogens (tertiary/aromatic N) is 2. The molecule has 126 valence electrons. The number of anilines is 1. The number of ether oxygens (including phenoxy) is 1. The monoisotopic (exact) mass is 349 g/mol. The second-order valence-corrected chi connectivity index (χ2v) is 6.34. The number of alkyl halides is 3. The van der Waals surface area contributed by atoms with Gasteiger partial charge in [-0.3, -0.25) is 4.72 Å². The van der Waals surface area contributed by atoms with Crippen LogP contribution < -0.4 is 4.72 Å². The van der Waals surface area contributed by atoms with Crippen LogP contribution in [0, 0.1) is 0 Å². The predicted octanol–water partition coefficient (Wildman–Crippen LogP) is 2.39. The van der Waals surface area contributed by atoms with Crippen molar-refractivity contribution in [3.05, 3.63) is 42.4 Å². The number of hydrogen-bond donors (Lipinski definition) is 1. The molecule has 0 saturated heterocycles. The fraction of sp³-hybridized carbons (Fsp3) is 0.308. The van der Waals surface area contributed by atoms with Crippen LogP contribution in [-0.4, -0.2) is 31.3 Å². The van der Waals surface area contributed by atoms with Gasteiger partial charge in [-0.1, -0.05) is 18.2 Å². The quantitative estimate of drug-likeness (QED) is 0.869. The summed E-state index contributed by atoms with van der Waals surface area (Å²) >= 11 is 0. The fourth-order valence-corrected chi connectivity index (χ4v) is 3.16. The molecule has 0 saturated carbocycles. The average molecular weight is 349 g/mol. The first-order valence-corrected chi connectivity index (χ1v) is 7.88. The molecule has 0 amide bonds. The van der Waals surface area contributed by atoms with Crippen molar-refractivity contribution in [2.24, 2.45) is 0 Å². The number of imidazole rings is 1. The van der Waals surface area contributed by atoms with E-state index >= 15 is 0 Å². The van der Waals surface area contributed by atoms with Crippen molar-refractivity contribution >= 4 is 15.8 Å². The summed E-state index contributed by atoms with van der Waals surface area (Å²) in [5.74, 6) is -0.193. The number of nitrogens with one attached hydrogen (secondary N) is 1. The summed E-state index contributed by atoms with van der Waals surface area (Å²) in [5, 5.41) is 0. The zero-order valence-electron chi connectivity index (χ0n) is 12.0. The molecule has 10 heteroatoms. The van der Waals surface area contributed by atoms with Crippen LogP contribution in [0.3, 0.4) is 0 Å². The smallest absolute Gasteiger partial charge is 0.380 e. The van der Waals surface area contributed by atoms with Crippen LogP contribution in [0.5, 0.6) is 0 Å². The van der Waals surface area contributed by atoms with Crippen molar-refractivity contribution in [3.63, 3.8) is 0 Å². The summed E-state index contributed by atoms with van der Waals surface area (Å²) in [7, 11) is -2.56. The summed E-state index contributed by atoms with van der Waals surface area (Å²) in [5.41, 5.74) is 0.428. The lowest BCUT2D eigenvalue weighted by molar-refractivity contribution is -0.140. The van der Waals surface area contributed by atoms with Crippen LogP contribution in [0.2, 0.25) is 0 Å². The Kier molecular flexibility index (Phi) is 4.95. The molecule has 1 aromatic carbocycles. The van der Waals surface area contributed by atoms with Gasteiger partial charge < -0.3 is 9.30 Å². The van der Waals surface area contributed by atoms with Crippen LogP contribution in [0.25, 0.3) is 0 Å². The number of sulfonamides is 1. The molecule has 1 aromatic heterocycles. The molecule has 1 N–H and O–H groups in total. The molecular formula is C13H14F3N3O3S. The van der Waals surface area contributed by atoms with Crippen LogP contribution in [-0.2, 0) is 27.9 Å². The SMILES string of the molecule is COCc1ccccc1S(=O)(=O)Nc1cn(CC(F)(F)F)cn1. The maximum atomic E-state index is 12.4. The molecular weight excluding hydrogens is 335 g/mol. The topological polar surface area (TPSA) is 73.2 Å². The van der Waals surface area contributed by atoms with E-state index in [0.717, 1.165) is 17.1 Å². The number of methoxy groups -OCH3 is 1. The zero-order chi connectivity index (χ0) is 17.1. The second-order valence-electron chi connectivity index (χ2n) is 4.69. The van der Waals surface area contributed by atoms with Gasteiger partial charge in [0.25, 0.3) is 10.0 Å². The van der Waals surface area contributed by atoms with Gasteiger partial charge >= 0.3 is 6.18 Å². The van der Waals surface area contributed by atoms with E-state index in [1.54, 1.807) is 12.1 Å². The zero-order valence-corrected chi connectivity index (χ0v) is 12.9. The molecule has 2 aromatic rings. The molecule has 6 nitrogen and oxygen atoms in total. The molecule has 0 aliphatic carbocycles. The molecule has 0 spiro atoms. The van der Waals surface area contributed by atoms with Gasteiger partial charge in [-0.05, 0) is 11.6 Å². The average Bonchev–Trinajstić information content (AvgIpc) is 2.83. The van der Waals surface area contributed by atoms with Gasteiger partial charge in [-0.2, -0.15) is 13.2 Å². The van der Waals surface area contributed by atoms with Crippen LogP contribution in [0.4, 0.5) is 19.0 Å². The maximum absolute atomic E-state index is 12.4. The molecule has 1 heterocycles. The second kappa shape index (κ2) is 6.59. The van der Waals surface area contributed by atoms with Gasteiger partial charge in [-0.15, -0.1) is 0 Å². The molecule has 0 unspecified atom stereocenters. The number of rotatable bonds is 6. The lowest BCUT2D eigenvalue weighted by Crippen LogP contribution is -2.17. The van der Waals surface area contributed by atoms with E-state index < -0.39 is 22.7 Å². The minimum absolute atomic E-state index is 0.0211. The van der Waals surface area contributed by atoms with E-state index in [1.807, 2.05) is 0 Å². The fourth-order valence-electron chi connectivity index (χ4n) is 1.94. The van der Waals surface area contributed by atoms with E-state index in [9.17, 15) is 21.6 Å². The van der Waals surface area contributed by atoms with Gasteiger partial charge in [0.2, 0.25) is 0 Å². The van der Waals surface area contributed by atoms with Crippen LogP contribution >= 0.6 is 0 Å². The third-order valence-electron chi connectivity index (χ3n) is 2.80. The molecule has 0 radical (unpaired) electrons. The van der Waals surface area contributed by atoms with Gasteiger partial charge in [0.05, 0.1) is 17.8 Å². The van der Waals surface area contributed by atoms with Crippen LogP contribution in [0.15, 0.2) is 41.7 Å². The Balaban J connectivity index is 2.22. The van der Waals surface area contributed by atoms with E-state index in [-0.39, 0.29) is 17.3 Å². The third kappa shape index (κ3) is 4.70. The molecule has 0 bridgehead atoms. The number of benzene rings is 1. The molecule has 2 rings (SSSR count). The van der Waals surface area contributed by atoms with Crippen molar-refractivity contribution in [3.8, 4) is 0 Å². The highest BCUT2D eigenvalue weighted by atomic mass is 32.2. The Morgan fingerprint density at radius 2 is 2.00 bits per heavy atom. The van der Waals surface area contributed by atoms with Gasteiger partial charge in [-0.25, -0.2) is 13.4 Å². The Bertz CT molecular complexity index is 772. The van der Waals surface area contributed by atoms with E-state index in [0.29, 0.717) is 5.56 Å². The Hall–Kier alpha value is -2.07. The predicted molar refractivity (Wildman–Crippen MR) is 76.2 cm³/mol. The van der Waals surface area contributed by atoms with Crippen molar-refractivity contribution < 1.29 is 26.3 Å².